The van der Waals surface area contributed by atoms with Gasteiger partial charge >= 0.3 is 0 Å². The van der Waals surface area contributed by atoms with E-state index < -0.39 is 0 Å². The summed E-state index contributed by atoms with van der Waals surface area (Å²) in [6, 6.07) is 8.13. The summed E-state index contributed by atoms with van der Waals surface area (Å²) in [6.45, 7) is 6.76. The van der Waals surface area contributed by atoms with Gasteiger partial charge in [0.15, 0.2) is 0 Å². The van der Waals surface area contributed by atoms with Crippen LogP contribution in [0.2, 0.25) is 0 Å². The van der Waals surface area contributed by atoms with E-state index in [0.717, 1.165) is 12.1 Å². The highest BCUT2D eigenvalue weighted by molar-refractivity contribution is 5.26. The summed E-state index contributed by atoms with van der Waals surface area (Å²) in [5, 5.41) is 13.0. The fourth-order valence-corrected chi connectivity index (χ4v) is 2.61. The Morgan fingerprint density at radius 2 is 2.11 bits per heavy atom. The second kappa shape index (κ2) is 6.76. The van der Waals surface area contributed by atoms with Gasteiger partial charge in [0.1, 0.15) is 5.75 Å². The Hall–Kier alpha value is -1.06. The number of benzene rings is 1. The predicted molar refractivity (Wildman–Crippen MR) is 74.7 cm³/mol. The SMILES string of the molecule is CCCN1CCC(NCc2cccc(O)c2)CC1. The molecular weight excluding hydrogens is 224 g/mol. The molecule has 0 aliphatic carbocycles. The molecule has 0 saturated carbocycles. The molecule has 2 rings (SSSR count). The number of nitrogens with one attached hydrogen (secondary N) is 1. The van der Waals surface area contributed by atoms with Crippen LogP contribution >= 0.6 is 0 Å². The third-order valence-electron chi connectivity index (χ3n) is 3.63. The van der Waals surface area contributed by atoms with E-state index >= 15 is 0 Å². The summed E-state index contributed by atoms with van der Waals surface area (Å²) < 4.78 is 0. The summed E-state index contributed by atoms with van der Waals surface area (Å²) in [5.74, 6) is 0.354. The summed E-state index contributed by atoms with van der Waals surface area (Å²) in [4.78, 5) is 2.55. The molecule has 100 valence electrons. The lowest BCUT2D eigenvalue weighted by Gasteiger charge is -2.32. The van der Waals surface area contributed by atoms with Crippen LogP contribution in [0.15, 0.2) is 24.3 Å². The molecule has 18 heavy (non-hydrogen) atoms. The van der Waals surface area contributed by atoms with E-state index in [-0.39, 0.29) is 0 Å². The zero-order valence-electron chi connectivity index (χ0n) is 11.2. The van der Waals surface area contributed by atoms with Crippen molar-refractivity contribution in [2.75, 3.05) is 19.6 Å². The Kier molecular flexibility index (Phi) is 5.02. The van der Waals surface area contributed by atoms with Crippen LogP contribution in [-0.2, 0) is 6.54 Å². The van der Waals surface area contributed by atoms with Crippen LogP contribution < -0.4 is 5.32 Å². The average molecular weight is 248 g/mol. The maximum Gasteiger partial charge on any atom is 0.115 e. The molecule has 3 nitrogen and oxygen atoms in total. The highest BCUT2D eigenvalue weighted by Crippen LogP contribution is 2.13. The zero-order valence-corrected chi connectivity index (χ0v) is 11.2. The molecule has 0 atom stereocenters. The molecule has 0 bridgehead atoms. The Bertz CT molecular complexity index is 359. The van der Waals surface area contributed by atoms with Crippen molar-refractivity contribution in [3.8, 4) is 5.75 Å². The summed E-state index contributed by atoms with van der Waals surface area (Å²) in [5.41, 5.74) is 1.16. The van der Waals surface area contributed by atoms with Crippen LogP contribution in [-0.4, -0.2) is 35.7 Å². The van der Waals surface area contributed by atoms with Gasteiger partial charge in [-0.25, -0.2) is 0 Å². The fraction of sp³-hybridized carbons (Fsp3) is 0.600. The monoisotopic (exact) mass is 248 g/mol. The van der Waals surface area contributed by atoms with Gasteiger partial charge < -0.3 is 15.3 Å². The standard InChI is InChI=1S/C15H24N2O/c1-2-8-17-9-6-14(7-10-17)16-12-13-4-3-5-15(18)11-13/h3-5,11,14,16,18H,2,6-10,12H2,1H3. The molecule has 1 heterocycles. The molecule has 2 N–H and O–H groups in total. The highest BCUT2D eigenvalue weighted by atomic mass is 16.3. The van der Waals surface area contributed by atoms with Crippen molar-refractivity contribution in [1.82, 2.24) is 10.2 Å². The number of piperidine rings is 1. The molecule has 0 aromatic heterocycles. The molecule has 3 heteroatoms. The molecule has 1 aliphatic heterocycles. The lowest BCUT2D eigenvalue weighted by Crippen LogP contribution is -2.42. The summed E-state index contributed by atoms with van der Waals surface area (Å²) in [6.07, 6.45) is 3.72. The number of hydrogen-bond donors (Lipinski definition) is 2. The van der Waals surface area contributed by atoms with Crippen molar-refractivity contribution >= 4 is 0 Å². The smallest absolute Gasteiger partial charge is 0.115 e. The van der Waals surface area contributed by atoms with E-state index in [1.54, 1.807) is 6.07 Å². The number of likely N-dealkylation sites (tertiary alicyclic amines) is 1. The molecule has 1 saturated heterocycles. The van der Waals surface area contributed by atoms with Crippen LogP contribution in [0.5, 0.6) is 5.75 Å². The Balaban J connectivity index is 1.72. The van der Waals surface area contributed by atoms with Gasteiger partial charge in [0.05, 0.1) is 0 Å². The molecule has 1 aromatic carbocycles. The lowest BCUT2D eigenvalue weighted by atomic mass is 10.0. The van der Waals surface area contributed by atoms with Gasteiger partial charge in [0.25, 0.3) is 0 Å². The van der Waals surface area contributed by atoms with E-state index in [9.17, 15) is 5.11 Å². The van der Waals surface area contributed by atoms with Crippen molar-refractivity contribution in [2.24, 2.45) is 0 Å². The van der Waals surface area contributed by atoms with Crippen molar-refractivity contribution in [2.45, 2.75) is 38.8 Å². The third-order valence-corrected chi connectivity index (χ3v) is 3.63. The molecule has 0 radical (unpaired) electrons. The number of nitrogens with zero attached hydrogens (tertiary/aromatic N) is 1. The Labute approximate surface area is 110 Å². The molecule has 1 aromatic rings. The van der Waals surface area contributed by atoms with Crippen LogP contribution in [0.1, 0.15) is 31.7 Å². The van der Waals surface area contributed by atoms with Crippen LogP contribution in [0, 0.1) is 0 Å². The number of phenols is 1. The summed E-state index contributed by atoms with van der Waals surface area (Å²) in [7, 11) is 0. The first-order valence-corrected chi connectivity index (χ1v) is 7.01. The quantitative estimate of drug-likeness (QED) is 0.839. The van der Waals surface area contributed by atoms with Gasteiger partial charge in [-0.3, -0.25) is 0 Å². The van der Waals surface area contributed by atoms with Crippen molar-refractivity contribution in [1.29, 1.82) is 0 Å². The number of rotatable bonds is 5. The normalized spacial score (nSPS) is 18.1. The zero-order chi connectivity index (χ0) is 12.8. The van der Waals surface area contributed by atoms with Gasteiger partial charge in [0.2, 0.25) is 0 Å². The van der Waals surface area contributed by atoms with E-state index in [1.807, 2.05) is 12.1 Å². The van der Waals surface area contributed by atoms with E-state index in [2.05, 4.69) is 23.2 Å². The minimum atomic E-state index is 0.354. The first-order chi connectivity index (χ1) is 8.78. The largest absolute Gasteiger partial charge is 0.508 e. The molecule has 1 aliphatic rings. The van der Waals surface area contributed by atoms with Crippen LogP contribution in [0.3, 0.4) is 0 Å². The third kappa shape index (κ3) is 4.00. The first-order valence-electron chi connectivity index (χ1n) is 7.01. The predicted octanol–water partition coefficient (Wildman–Crippen LogP) is 2.36. The van der Waals surface area contributed by atoms with Gasteiger partial charge in [-0.05, 0) is 56.6 Å². The summed E-state index contributed by atoms with van der Waals surface area (Å²) >= 11 is 0. The molecule has 1 fully saturated rings. The number of hydrogen-bond acceptors (Lipinski definition) is 3. The van der Waals surface area contributed by atoms with Gasteiger partial charge in [-0.1, -0.05) is 19.1 Å². The second-order valence-corrected chi connectivity index (χ2v) is 5.17. The molecular formula is C15H24N2O. The fourth-order valence-electron chi connectivity index (χ4n) is 2.61. The first kappa shape index (κ1) is 13.4. The second-order valence-electron chi connectivity index (χ2n) is 5.17. The van der Waals surface area contributed by atoms with Crippen molar-refractivity contribution in [3.05, 3.63) is 29.8 Å². The molecule has 0 spiro atoms. The minimum Gasteiger partial charge on any atom is -0.508 e. The van der Waals surface area contributed by atoms with Gasteiger partial charge in [-0.15, -0.1) is 0 Å². The maximum atomic E-state index is 9.41. The number of phenolic OH excluding ortho intramolecular Hbond substituents is 1. The van der Waals surface area contributed by atoms with Gasteiger partial charge in [0, 0.05) is 12.6 Å². The minimum absolute atomic E-state index is 0.354. The van der Waals surface area contributed by atoms with Crippen molar-refractivity contribution < 1.29 is 5.11 Å². The highest BCUT2D eigenvalue weighted by Gasteiger charge is 2.17. The van der Waals surface area contributed by atoms with Crippen molar-refractivity contribution in [3.63, 3.8) is 0 Å². The lowest BCUT2D eigenvalue weighted by molar-refractivity contribution is 0.197. The average Bonchev–Trinajstić information content (AvgIpc) is 2.38. The maximum absolute atomic E-state index is 9.41. The van der Waals surface area contributed by atoms with E-state index in [1.165, 1.54) is 38.9 Å². The topological polar surface area (TPSA) is 35.5 Å². The van der Waals surface area contributed by atoms with Crippen LogP contribution in [0.25, 0.3) is 0 Å². The van der Waals surface area contributed by atoms with Gasteiger partial charge in [-0.2, -0.15) is 0 Å². The molecule has 0 amide bonds. The Morgan fingerprint density at radius 1 is 1.33 bits per heavy atom. The number of aromatic hydroxyl groups is 1. The Morgan fingerprint density at radius 3 is 2.78 bits per heavy atom. The van der Waals surface area contributed by atoms with Crippen LogP contribution in [0.4, 0.5) is 0 Å². The molecule has 0 unspecified atom stereocenters. The van der Waals surface area contributed by atoms with E-state index in [0.29, 0.717) is 11.8 Å². The van der Waals surface area contributed by atoms with E-state index in [4.69, 9.17) is 0 Å².